The molecule has 1 aromatic rings. The highest BCUT2D eigenvalue weighted by atomic mass is 16.3. The minimum atomic E-state index is -0.851. The lowest BCUT2D eigenvalue weighted by Gasteiger charge is -2.14. The molecule has 0 saturated carbocycles. The van der Waals surface area contributed by atoms with E-state index in [4.69, 9.17) is 0 Å². The van der Waals surface area contributed by atoms with Gasteiger partial charge in [0.25, 0.3) is 0 Å². The van der Waals surface area contributed by atoms with Crippen molar-refractivity contribution in [2.24, 2.45) is 10.4 Å². The van der Waals surface area contributed by atoms with E-state index in [1.54, 1.807) is 30.3 Å². The first-order valence-electron chi connectivity index (χ1n) is 5.41. The summed E-state index contributed by atoms with van der Waals surface area (Å²) in [6.07, 6.45) is 4.27. The van der Waals surface area contributed by atoms with Crippen LogP contribution in [0.5, 0.6) is 0 Å². The number of ketones is 1. The maximum absolute atomic E-state index is 12.2. The summed E-state index contributed by atoms with van der Waals surface area (Å²) in [5, 5.41) is 5.71. The average molecular weight is 242 g/mol. The number of nitrogens with zero attached hydrogens (tertiary/aromatic N) is 2. The number of hydrogen-bond acceptors (Lipinski definition) is 5. The highest BCUT2D eigenvalue weighted by molar-refractivity contribution is 6.10. The number of benzene rings is 1. The second-order valence-electron chi connectivity index (χ2n) is 3.85. The molecule has 0 aromatic heterocycles. The van der Waals surface area contributed by atoms with Gasteiger partial charge in [0.15, 0.2) is 5.78 Å². The molecule has 1 aliphatic carbocycles. The monoisotopic (exact) mass is 242 g/mol. The Morgan fingerprint density at radius 2 is 1.72 bits per heavy atom. The van der Waals surface area contributed by atoms with E-state index in [1.165, 1.54) is 18.2 Å². The molecule has 0 N–H and O–H groups in total. The molecule has 0 fully saturated rings. The van der Waals surface area contributed by atoms with Crippen LogP contribution in [0.25, 0.3) is 0 Å². The van der Waals surface area contributed by atoms with E-state index in [9.17, 15) is 14.6 Å². The van der Waals surface area contributed by atoms with Crippen LogP contribution in [0.3, 0.4) is 0 Å². The van der Waals surface area contributed by atoms with E-state index in [-0.39, 0.29) is 11.4 Å². The molecule has 18 heavy (non-hydrogen) atoms. The zero-order valence-corrected chi connectivity index (χ0v) is 9.39. The van der Waals surface area contributed by atoms with Crippen LogP contribution < -0.4 is 0 Å². The lowest BCUT2D eigenvalue weighted by Crippen LogP contribution is -2.20. The van der Waals surface area contributed by atoms with E-state index < -0.39 is 12.1 Å². The summed E-state index contributed by atoms with van der Waals surface area (Å²) in [5.41, 5.74) is 0.653. The van der Waals surface area contributed by atoms with Gasteiger partial charge in [-0.15, -0.1) is 9.81 Å². The van der Waals surface area contributed by atoms with Gasteiger partial charge in [0.05, 0.1) is 0 Å². The Balaban J connectivity index is 2.35. The molecule has 2 unspecified atom stereocenters. The Labute approximate surface area is 103 Å². The predicted octanol–water partition coefficient (Wildman–Crippen LogP) is 2.64. The minimum absolute atomic E-state index is 0.198. The summed E-state index contributed by atoms with van der Waals surface area (Å²) in [6.45, 7) is 0. The van der Waals surface area contributed by atoms with E-state index in [2.05, 4.69) is 10.4 Å². The van der Waals surface area contributed by atoms with Crippen molar-refractivity contribution in [1.29, 1.82) is 0 Å². The van der Waals surface area contributed by atoms with Crippen LogP contribution in [0.4, 0.5) is 0 Å². The first-order chi connectivity index (χ1) is 8.76. The molecule has 2 rings (SSSR count). The van der Waals surface area contributed by atoms with Crippen molar-refractivity contribution in [1.82, 2.24) is 0 Å². The number of rotatable bonds is 4. The Hall–Kier alpha value is -2.43. The van der Waals surface area contributed by atoms with Crippen molar-refractivity contribution in [3.05, 3.63) is 69.5 Å². The molecule has 5 nitrogen and oxygen atoms in total. The van der Waals surface area contributed by atoms with Crippen LogP contribution in [-0.2, 0) is 0 Å². The third-order valence-corrected chi connectivity index (χ3v) is 2.69. The minimum Gasteiger partial charge on any atom is -0.289 e. The fourth-order valence-corrected chi connectivity index (χ4v) is 1.78. The molecule has 2 atom stereocenters. The van der Waals surface area contributed by atoms with Gasteiger partial charge in [0.1, 0.15) is 12.1 Å². The Morgan fingerprint density at radius 3 is 2.33 bits per heavy atom. The van der Waals surface area contributed by atoms with Gasteiger partial charge < -0.3 is 0 Å². The second kappa shape index (κ2) is 5.27. The van der Waals surface area contributed by atoms with Crippen molar-refractivity contribution in [3.63, 3.8) is 0 Å². The number of Topliss-reactive ketones (excluding diaryl/α,β-unsaturated/α-hetero) is 1. The van der Waals surface area contributed by atoms with Gasteiger partial charge in [-0.05, 0) is 6.08 Å². The number of hydrogen-bond donors (Lipinski definition) is 0. The quantitative estimate of drug-likeness (QED) is 0.462. The van der Waals surface area contributed by atoms with E-state index in [0.717, 1.165) is 0 Å². The summed E-state index contributed by atoms with van der Waals surface area (Å²) in [7, 11) is 0. The number of nitroso groups, excluding NO2 is 2. The average Bonchev–Trinajstić information content (AvgIpc) is 2.46. The number of carbonyl (C=O) groups excluding carboxylic acids is 1. The summed E-state index contributed by atoms with van der Waals surface area (Å²) >= 11 is 0. The lowest BCUT2D eigenvalue weighted by molar-refractivity contribution is 0.102. The largest absolute Gasteiger partial charge is 0.289 e. The van der Waals surface area contributed by atoms with Crippen molar-refractivity contribution in [2.45, 2.75) is 12.1 Å². The SMILES string of the molecule is O=NC1C=CC(N=O)C(C(=O)c2ccccc2)=C1. The highest BCUT2D eigenvalue weighted by Gasteiger charge is 2.25. The summed E-state index contributed by atoms with van der Waals surface area (Å²) in [6, 6.07) is 6.97. The first-order valence-corrected chi connectivity index (χ1v) is 5.41. The fraction of sp³-hybridized carbons (Fsp3) is 0.154. The van der Waals surface area contributed by atoms with Crippen LogP contribution in [-0.4, -0.2) is 17.9 Å². The van der Waals surface area contributed by atoms with Crippen molar-refractivity contribution in [2.75, 3.05) is 0 Å². The summed E-state index contributed by atoms with van der Waals surface area (Å²) in [4.78, 5) is 33.4. The molecule has 0 spiro atoms. The molecule has 0 saturated heterocycles. The van der Waals surface area contributed by atoms with Crippen LogP contribution in [0.2, 0.25) is 0 Å². The third kappa shape index (κ3) is 2.29. The maximum Gasteiger partial charge on any atom is 0.191 e. The standard InChI is InChI=1S/C13H10N2O3/c16-13(9-4-2-1-3-5-9)11-8-10(14-17)6-7-12(11)15-18/h1-8,10,12H. The van der Waals surface area contributed by atoms with Gasteiger partial charge in [0.2, 0.25) is 0 Å². The first kappa shape index (κ1) is 12.0. The summed E-state index contributed by atoms with van der Waals surface area (Å²) in [5.74, 6) is -0.307. The zero-order chi connectivity index (χ0) is 13.0. The van der Waals surface area contributed by atoms with E-state index in [1.807, 2.05) is 0 Å². The Bertz CT molecular complexity index is 534. The molecule has 0 radical (unpaired) electrons. The molecule has 1 aromatic carbocycles. The van der Waals surface area contributed by atoms with Gasteiger partial charge in [0, 0.05) is 11.1 Å². The second-order valence-corrected chi connectivity index (χ2v) is 3.85. The van der Waals surface area contributed by atoms with Crippen LogP contribution in [0.15, 0.2) is 64.5 Å². The Kier molecular flexibility index (Phi) is 3.52. The zero-order valence-electron chi connectivity index (χ0n) is 9.39. The lowest BCUT2D eigenvalue weighted by atomic mass is 9.92. The molecule has 0 bridgehead atoms. The van der Waals surface area contributed by atoms with Crippen LogP contribution in [0.1, 0.15) is 10.4 Å². The normalized spacial score (nSPS) is 22.1. The van der Waals surface area contributed by atoms with E-state index in [0.29, 0.717) is 5.56 Å². The smallest absolute Gasteiger partial charge is 0.191 e. The molecule has 0 aliphatic heterocycles. The maximum atomic E-state index is 12.2. The van der Waals surface area contributed by atoms with Crippen molar-refractivity contribution in [3.8, 4) is 0 Å². The molecule has 0 amide bonds. The van der Waals surface area contributed by atoms with Gasteiger partial charge in [-0.25, -0.2) is 0 Å². The van der Waals surface area contributed by atoms with Gasteiger partial charge in [-0.2, -0.15) is 0 Å². The molecule has 5 heteroatoms. The van der Waals surface area contributed by atoms with Crippen LogP contribution in [0, 0.1) is 9.81 Å². The molecular weight excluding hydrogens is 232 g/mol. The third-order valence-electron chi connectivity index (χ3n) is 2.69. The van der Waals surface area contributed by atoms with E-state index >= 15 is 0 Å². The van der Waals surface area contributed by atoms with Gasteiger partial charge in [-0.3, -0.25) is 4.79 Å². The predicted molar refractivity (Wildman–Crippen MR) is 67.2 cm³/mol. The van der Waals surface area contributed by atoms with Crippen LogP contribution >= 0.6 is 0 Å². The summed E-state index contributed by atoms with van der Waals surface area (Å²) < 4.78 is 0. The van der Waals surface area contributed by atoms with Crippen molar-refractivity contribution >= 4 is 5.78 Å². The van der Waals surface area contributed by atoms with Gasteiger partial charge in [-0.1, -0.05) is 52.8 Å². The molecule has 1 aliphatic rings. The molecule has 90 valence electrons. The van der Waals surface area contributed by atoms with Gasteiger partial charge >= 0.3 is 0 Å². The number of carbonyl (C=O) groups is 1. The highest BCUT2D eigenvalue weighted by Crippen LogP contribution is 2.21. The fourth-order valence-electron chi connectivity index (χ4n) is 1.78. The van der Waals surface area contributed by atoms with Crippen molar-refractivity contribution < 1.29 is 4.79 Å². The topological polar surface area (TPSA) is 75.9 Å². The molecular formula is C13H10N2O3. The Morgan fingerprint density at radius 1 is 1.00 bits per heavy atom. The molecule has 0 heterocycles.